The van der Waals surface area contributed by atoms with Gasteiger partial charge in [0.15, 0.2) is 16.6 Å². The summed E-state index contributed by atoms with van der Waals surface area (Å²) in [5.74, 6) is 1.47. The van der Waals surface area contributed by atoms with Crippen molar-refractivity contribution in [1.29, 1.82) is 0 Å². The van der Waals surface area contributed by atoms with Crippen molar-refractivity contribution in [1.82, 2.24) is 10.9 Å². The molecule has 130 valence electrons. The van der Waals surface area contributed by atoms with Crippen LogP contribution < -0.4 is 30.4 Å². The number of hydrogen-bond acceptors (Lipinski definition) is 5. The van der Waals surface area contributed by atoms with Crippen LogP contribution in [-0.2, 0) is 4.79 Å². The molecule has 0 spiro atoms. The van der Waals surface area contributed by atoms with Gasteiger partial charge in [-0.3, -0.25) is 15.6 Å². The first kappa shape index (κ1) is 16.8. The minimum absolute atomic E-state index is 0.126. The molecule has 8 heteroatoms. The smallest absolute Gasteiger partial charge is 0.283 e. The van der Waals surface area contributed by atoms with Gasteiger partial charge in [0.25, 0.3) is 5.91 Å². The Morgan fingerprint density at radius 2 is 1.96 bits per heavy atom. The van der Waals surface area contributed by atoms with Gasteiger partial charge in [0, 0.05) is 11.8 Å². The molecule has 0 fully saturated rings. The summed E-state index contributed by atoms with van der Waals surface area (Å²) >= 11 is 5.15. The van der Waals surface area contributed by atoms with E-state index in [2.05, 4.69) is 16.2 Å². The fourth-order valence-corrected chi connectivity index (χ4v) is 2.38. The topological polar surface area (TPSA) is 80.9 Å². The Kier molecular flexibility index (Phi) is 5.20. The molecule has 7 nitrogen and oxygen atoms in total. The van der Waals surface area contributed by atoms with Crippen LogP contribution in [0.3, 0.4) is 0 Å². The summed E-state index contributed by atoms with van der Waals surface area (Å²) in [6.45, 7) is 0.126. The van der Waals surface area contributed by atoms with Crippen LogP contribution in [0.15, 0.2) is 48.5 Å². The third kappa shape index (κ3) is 4.30. The number of thiocarbonyl (C=S) groups is 1. The highest BCUT2D eigenvalue weighted by atomic mass is 32.1. The van der Waals surface area contributed by atoms with Gasteiger partial charge in [0.2, 0.25) is 6.10 Å². The predicted octanol–water partition coefficient (Wildman–Crippen LogP) is 1.85. The third-order valence-electron chi connectivity index (χ3n) is 3.43. The number of methoxy groups -OCH3 is 1. The average molecular weight is 359 g/mol. The van der Waals surface area contributed by atoms with Crippen molar-refractivity contribution in [3.63, 3.8) is 0 Å². The van der Waals surface area contributed by atoms with E-state index >= 15 is 0 Å². The summed E-state index contributed by atoms with van der Waals surface area (Å²) < 4.78 is 16.3. The van der Waals surface area contributed by atoms with Crippen LogP contribution in [0.25, 0.3) is 0 Å². The number of hydrazine groups is 1. The Hall–Kier alpha value is -3.00. The maximum Gasteiger partial charge on any atom is 0.283 e. The Bertz CT molecular complexity index is 784. The van der Waals surface area contributed by atoms with E-state index in [-0.39, 0.29) is 17.6 Å². The zero-order chi connectivity index (χ0) is 17.6. The standard InChI is InChI=1S/C17H17N3O4S/c1-22-12-6-4-5-11(9-12)18-17(25)20-19-16(21)15-10-23-13-7-2-3-8-14(13)24-15/h2-9,15H,10H2,1H3,(H,19,21)(H2,18,20,25). The van der Waals surface area contributed by atoms with Gasteiger partial charge in [0.05, 0.1) is 7.11 Å². The minimum atomic E-state index is -0.762. The van der Waals surface area contributed by atoms with Crippen LogP contribution in [0.5, 0.6) is 17.2 Å². The van der Waals surface area contributed by atoms with Gasteiger partial charge >= 0.3 is 0 Å². The predicted molar refractivity (Wildman–Crippen MR) is 96.8 cm³/mol. The normalized spacial score (nSPS) is 15.0. The number of carbonyl (C=O) groups excluding carboxylic acids is 1. The molecule has 0 bridgehead atoms. The summed E-state index contributed by atoms with van der Waals surface area (Å²) in [7, 11) is 1.58. The van der Waals surface area contributed by atoms with Gasteiger partial charge < -0.3 is 19.5 Å². The van der Waals surface area contributed by atoms with Gasteiger partial charge in [-0.25, -0.2) is 0 Å². The molecular weight excluding hydrogens is 342 g/mol. The van der Waals surface area contributed by atoms with E-state index in [1.54, 1.807) is 25.3 Å². The Labute approximate surface area is 150 Å². The van der Waals surface area contributed by atoms with Crippen LogP contribution in [0.1, 0.15) is 0 Å². The number of para-hydroxylation sites is 2. The van der Waals surface area contributed by atoms with Gasteiger partial charge in [-0.05, 0) is 36.5 Å². The van der Waals surface area contributed by atoms with Gasteiger partial charge in [-0.15, -0.1) is 0 Å². The first-order chi connectivity index (χ1) is 12.2. The fourth-order valence-electron chi connectivity index (χ4n) is 2.21. The summed E-state index contributed by atoms with van der Waals surface area (Å²) in [6, 6.07) is 14.4. The maximum atomic E-state index is 12.2. The fraction of sp³-hybridized carbons (Fsp3) is 0.176. The number of amides is 1. The zero-order valence-electron chi connectivity index (χ0n) is 13.4. The third-order valence-corrected chi connectivity index (χ3v) is 3.63. The molecule has 3 rings (SSSR count). The average Bonchev–Trinajstić information content (AvgIpc) is 2.65. The highest BCUT2D eigenvalue weighted by molar-refractivity contribution is 7.80. The maximum absolute atomic E-state index is 12.2. The van der Waals surface area contributed by atoms with Crippen LogP contribution in [0.4, 0.5) is 5.69 Å². The van der Waals surface area contributed by atoms with E-state index in [0.717, 1.165) is 5.69 Å². The highest BCUT2D eigenvalue weighted by Crippen LogP contribution is 2.30. The molecule has 3 N–H and O–H groups in total. The van der Waals surface area contributed by atoms with E-state index in [4.69, 9.17) is 26.4 Å². The van der Waals surface area contributed by atoms with Crippen molar-refractivity contribution >= 4 is 28.9 Å². The van der Waals surface area contributed by atoms with Crippen LogP contribution >= 0.6 is 12.2 Å². The summed E-state index contributed by atoms with van der Waals surface area (Å²) in [5.41, 5.74) is 5.87. The van der Waals surface area contributed by atoms with E-state index in [1.807, 2.05) is 30.3 Å². The molecule has 0 aliphatic carbocycles. The van der Waals surface area contributed by atoms with Crippen LogP contribution in [0, 0.1) is 0 Å². The number of carbonyl (C=O) groups is 1. The van der Waals surface area contributed by atoms with Crippen molar-refractivity contribution in [2.75, 3.05) is 19.0 Å². The summed E-state index contributed by atoms with van der Waals surface area (Å²) in [4.78, 5) is 12.2. The van der Waals surface area contributed by atoms with Crippen molar-refractivity contribution in [2.24, 2.45) is 0 Å². The quantitative estimate of drug-likeness (QED) is 0.570. The number of benzene rings is 2. The van der Waals surface area contributed by atoms with E-state index in [9.17, 15) is 4.79 Å². The van der Waals surface area contributed by atoms with Crippen molar-refractivity contribution in [3.05, 3.63) is 48.5 Å². The molecule has 1 aliphatic rings. The lowest BCUT2D eigenvalue weighted by molar-refractivity contribution is -0.130. The minimum Gasteiger partial charge on any atom is -0.497 e. The number of anilines is 1. The lowest BCUT2D eigenvalue weighted by atomic mass is 10.2. The molecule has 25 heavy (non-hydrogen) atoms. The van der Waals surface area contributed by atoms with E-state index in [1.165, 1.54) is 0 Å². The summed E-state index contributed by atoms with van der Waals surface area (Å²) in [6.07, 6.45) is -0.762. The zero-order valence-corrected chi connectivity index (χ0v) is 14.3. The molecule has 0 saturated heterocycles. The first-order valence-electron chi connectivity index (χ1n) is 7.55. The van der Waals surface area contributed by atoms with Gasteiger partial charge in [0.1, 0.15) is 12.4 Å². The van der Waals surface area contributed by atoms with Crippen LogP contribution in [-0.4, -0.2) is 30.8 Å². The van der Waals surface area contributed by atoms with Crippen molar-refractivity contribution in [2.45, 2.75) is 6.10 Å². The second-order valence-electron chi connectivity index (χ2n) is 5.16. The second kappa shape index (κ2) is 7.71. The molecule has 1 unspecified atom stereocenters. The lowest BCUT2D eigenvalue weighted by Gasteiger charge is -2.25. The Morgan fingerprint density at radius 1 is 1.16 bits per heavy atom. The van der Waals surface area contributed by atoms with Gasteiger partial charge in [-0.2, -0.15) is 0 Å². The lowest BCUT2D eigenvalue weighted by Crippen LogP contribution is -2.51. The number of fused-ring (bicyclic) bond motifs is 1. The number of rotatable bonds is 3. The van der Waals surface area contributed by atoms with Crippen molar-refractivity contribution in [3.8, 4) is 17.2 Å². The largest absolute Gasteiger partial charge is 0.497 e. The second-order valence-corrected chi connectivity index (χ2v) is 5.57. The summed E-state index contributed by atoms with van der Waals surface area (Å²) in [5, 5.41) is 3.18. The molecule has 0 aromatic heterocycles. The highest BCUT2D eigenvalue weighted by Gasteiger charge is 2.27. The molecular formula is C17H17N3O4S. The van der Waals surface area contributed by atoms with E-state index in [0.29, 0.717) is 17.2 Å². The van der Waals surface area contributed by atoms with Crippen molar-refractivity contribution < 1.29 is 19.0 Å². The molecule has 0 saturated carbocycles. The van der Waals surface area contributed by atoms with E-state index < -0.39 is 6.10 Å². The molecule has 2 aromatic carbocycles. The molecule has 1 aliphatic heterocycles. The van der Waals surface area contributed by atoms with Crippen LogP contribution in [0.2, 0.25) is 0 Å². The molecule has 1 heterocycles. The molecule has 1 atom stereocenters. The number of hydrogen-bond donors (Lipinski definition) is 3. The monoisotopic (exact) mass is 359 g/mol. The Morgan fingerprint density at radius 3 is 2.76 bits per heavy atom. The molecule has 1 amide bonds. The Balaban J connectivity index is 1.50. The molecule has 2 aromatic rings. The number of nitrogens with one attached hydrogen (secondary N) is 3. The first-order valence-corrected chi connectivity index (χ1v) is 7.96. The number of ether oxygens (including phenoxy) is 3. The molecule has 0 radical (unpaired) electrons. The SMILES string of the molecule is COc1cccc(NC(=S)NNC(=O)C2COc3ccccc3O2)c1. The van der Waals surface area contributed by atoms with Gasteiger partial charge in [-0.1, -0.05) is 18.2 Å².